The van der Waals surface area contributed by atoms with Crippen LogP contribution in [-0.2, 0) is 9.53 Å². The first kappa shape index (κ1) is 35.1. The van der Waals surface area contributed by atoms with Gasteiger partial charge in [-0.15, -0.1) is 0 Å². The lowest BCUT2D eigenvalue weighted by Crippen LogP contribution is -2.51. The van der Waals surface area contributed by atoms with E-state index in [1.165, 1.54) is 122 Å². The molecule has 0 spiro atoms. The van der Waals surface area contributed by atoms with Gasteiger partial charge in [0.25, 0.3) is 0 Å². The van der Waals surface area contributed by atoms with Crippen LogP contribution in [0.5, 0.6) is 0 Å². The lowest BCUT2D eigenvalue weighted by molar-refractivity contribution is -0.151. The van der Waals surface area contributed by atoms with Gasteiger partial charge in [-0.3, -0.25) is 4.79 Å². The summed E-state index contributed by atoms with van der Waals surface area (Å²) in [6, 6.07) is 0. The van der Waals surface area contributed by atoms with Gasteiger partial charge in [-0.2, -0.15) is 0 Å². The van der Waals surface area contributed by atoms with Crippen molar-refractivity contribution in [3.63, 3.8) is 0 Å². The SMILES string of the molecule is CCCCCCCCCCCCCC(=O)O[C@H]1CC[C@@]2(C)C(=CC[C@@H]3[C@H]4CC[C@@H]([C@H](C)CCCC(C)C)[C@@]4(C)CC[C@H]32)C1. The van der Waals surface area contributed by atoms with E-state index in [9.17, 15) is 4.79 Å². The van der Waals surface area contributed by atoms with Crippen LogP contribution in [0, 0.1) is 46.3 Å². The van der Waals surface area contributed by atoms with Gasteiger partial charge in [0, 0.05) is 12.8 Å². The Balaban J connectivity index is 1.19. The van der Waals surface area contributed by atoms with Crippen molar-refractivity contribution in [3.05, 3.63) is 11.6 Å². The van der Waals surface area contributed by atoms with E-state index < -0.39 is 0 Å². The average molecular weight is 597 g/mol. The quantitative estimate of drug-likeness (QED) is 0.0893. The number of hydrogen-bond donors (Lipinski definition) is 0. The van der Waals surface area contributed by atoms with Crippen molar-refractivity contribution in [2.75, 3.05) is 0 Å². The van der Waals surface area contributed by atoms with Gasteiger partial charge >= 0.3 is 5.97 Å². The minimum atomic E-state index is 0.0618. The monoisotopic (exact) mass is 597 g/mol. The number of esters is 1. The van der Waals surface area contributed by atoms with Gasteiger partial charge in [0.2, 0.25) is 0 Å². The molecule has 3 fully saturated rings. The lowest BCUT2D eigenvalue weighted by Gasteiger charge is -2.58. The van der Waals surface area contributed by atoms with E-state index in [0.717, 1.165) is 54.8 Å². The number of carbonyl (C=O) groups excluding carboxylic acids is 1. The highest BCUT2D eigenvalue weighted by Crippen LogP contribution is 2.67. The van der Waals surface area contributed by atoms with Crippen molar-refractivity contribution in [3.8, 4) is 0 Å². The molecule has 4 aliphatic carbocycles. The van der Waals surface area contributed by atoms with Gasteiger partial charge in [-0.25, -0.2) is 0 Å². The Morgan fingerprint density at radius 2 is 1.49 bits per heavy atom. The Morgan fingerprint density at radius 3 is 2.16 bits per heavy atom. The fourth-order valence-electron chi connectivity index (χ4n) is 10.9. The number of unbranched alkanes of at least 4 members (excludes halogenated alkanes) is 10. The topological polar surface area (TPSA) is 26.3 Å². The molecule has 0 amide bonds. The van der Waals surface area contributed by atoms with Gasteiger partial charge in [0.05, 0.1) is 0 Å². The van der Waals surface area contributed by atoms with E-state index in [4.69, 9.17) is 4.74 Å². The number of allylic oxidation sites excluding steroid dienone is 1. The molecule has 0 unspecified atom stereocenters. The average Bonchev–Trinajstić information content (AvgIpc) is 3.33. The molecule has 0 N–H and O–H groups in total. The summed E-state index contributed by atoms with van der Waals surface area (Å²) < 4.78 is 6.11. The van der Waals surface area contributed by atoms with Crippen LogP contribution >= 0.6 is 0 Å². The molecule has 248 valence electrons. The summed E-state index contributed by atoms with van der Waals surface area (Å²) in [4.78, 5) is 12.7. The Kier molecular flexibility index (Phi) is 13.6. The van der Waals surface area contributed by atoms with Gasteiger partial charge in [-0.1, -0.05) is 137 Å². The predicted octanol–water partition coefficient (Wildman–Crippen LogP) is 12.6. The molecule has 2 heteroatoms. The normalized spacial score (nSPS) is 34.3. The summed E-state index contributed by atoms with van der Waals surface area (Å²) >= 11 is 0. The first-order valence-corrected chi connectivity index (χ1v) is 19.6. The zero-order valence-corrected chi connectivity index (χ0v) is 29.7. The maximum atomic E-state index is 12.7. The summed E-state index contributed by atoms with van der Waals surface area (Å²) in [5.74, 6) is 5.34. The first-order chi connectivity index (χ1) is 20.7. The number of carbonyl (C=O) groups is 1. The van der Waals surface area contributed by atoms with E-state index in [1.54, 1.807) is 5.57 Å². The van der Waals surface area contributed by atoms with Crippen LogP contribution in [0.2, 0.25) is 0 Å². The fourth-order valence-corrected chi connectivity index (χ4v) is 10.9. The fraction of sp³-hybridized carbons (Fsp3) is 0.927. The van der Waals surface area contributed by atoms with Crippen molar-refractivity contribution in [2.24, 2.45) is 46.3 Å². The second-order valence-electron chi connectivity index (χ2n) is 16.9. The molecule has 0 aliphatic heterocycles. The highest BCUT2D eigenvalue weighted by Gasteiger charge is 2.59. The minimum absolute atomic E-state index is 0.0618. The van der Waals surface area contributed by atoms with Crippen molar-refractivity contribution < 1.29 is 9.53 Å². The summed E-state index contributed by atoms with van der Waals surface area (Å²) in [5.41, 5.74) is 2.54. The predicted molar refractivity (Wildman–Crippen MR) is 184 cm³/mol. The lowest BCUT2D eigenvalue weighted by atomic mass is 9.47. The molecule has 0 bridgehead atoms. The van der Waals surface area contributed by atoms with E-state index in [-0.39, 0.29) is 12.1 Å². The molecule has 43 heavy (non-hydrogen) atoms. The minimum Gasteiger partial charge on any atom is -0.462 e. The highest BCUT2D eigenvalue weighted by molar-refractivity contribution is 5.69. The molecular formula is C41H72O2. The Labute approximate surface area is 268 Å². The molecule has 0 heterocycles. The number of hydrogen-bond acceptors (Lipinski definition) is 2. The molecule has 0 aromatic carbocycles. The van der Waals surface area contributed by atoms with Crippen LogP contribution in [0.15, 0.2) is 11.6 Å². The van der Waals surface area contributed by atoms with E-state index in [2.05, 4.69) is 47.6 Å². The molecule has 4 aliphatic rings. The largest absolute Gasteiger partial charge is 0.462 e. The maximum absolute atomic E-state index is 12.7. The molecule has 0 aromatic rings. The van der Waals surface area contributed by atoms with Gasteiger partial charge < -0.3 is 4.74 Å². The van der Waals surface area contributed by atoms with Crippen LogP contribution in [0.1, 0.15) is 189 Å². The Bertz CT molecular complexity index is 873. The molecule has 0 aromatic heterocycles. The first-order valence-electron chi connectivity index (χ1n) is 19.6. The summed E-state index contributed by atoms with van der Waals surface area (Å²) in [6.45, 7) is 14.9. The highest BCUT2D eigenvalue weighted by atomic mass is 16.5. The van der Waals surface area contributed by atoms with Crippen molar-refractivity contribution >= 4 is 5.97 Å². The third kappa shape index (κ3) is 8.93. The molecule has 3 saturated carbocycles. The Hall–Kier alpha value is -0.790. The van der Waals surface area contributed by atoms with Gasteiger partial charge in [0.15, 0.2) is 0 Å². The zero-order chi connectivity index (χ0) is 30.9. The smallest absolute Gasteiger partial charge is 0.306 e. The van der Waals surface area contributed by atoms with Crippen LogP contribution in [0.25, 0.3) is 0 Å². The second-order valence-corrected chi connectivity index (χ2v) is 16.9. The van der Waals surface area contributed by atoms with Crippen LogP contribution < -0.4 is 0 Å². The van der Waals surface area contributed by atoms with E-state index >= 15 is 0 Å². The number of rotatable bonds is 18. The van der Waals surface area contributed by atoms with Crippen LogP contribution in [0.4, 0.5) is 0 Å². The molecule has 0 radical (unpaired) electrons. The number of fused-ring (bicyclic) bond motifs is 5. The second kappa shape index (κ2) is 16.7. The van der Waals surface area contributed by atoms with Crippen molar-refractivity contribution in [1.82, 2.24) is 0 Å². The third-order valence-corrected chi connectivity index (χ3v) is 13.5. The van der Waals surface area contributed by atoms with E-state index in [1.807, 2.05) is 0 Å². The summed E-state index contributed by atoms with van der Waals surface area (Å²) in [7, 11) is 0. The zero-order valence-electron chi connectivity index (χ0n) is 29.7. The van der Waals surface area contributed by atoms with E-state index in [0.29, 0.717) is 17.3 Å². The van der Waals surface area contributed by atoms with Crippen molar-refractivity contribution in [2.45, 2.75) is 195 Å². The van der Waals surface area contributed by atoms with Crippen LogP contribution in [-0.4, -0.2) is 12.1 Å². The Morgan fingerprint density at radius 1 is 0.814 bits per heavy atom. The standard InChI is InChI=1S/C41H72O2/c1-7-8-9-10-11-12-13-14-15-16-17-21-39(42)43-34-26-28-40(5)33(30-34)22-23-35-37-25-24-36(32(4)20-18-19-31(2)3)41(37,6)29-27-38(35)40/h22,31-32,34-38H,7-21,23-30H2,1-6H3/t32-,34+,35-,36+,37-,38-,40+,41-/m1/s1. The van der Waals surface area contributed by atoms with Gasteiger partial charge in [0.1, 0.15) is 6.10 Å². The maximum Gasteiger partial charge on any atom is 0.306 e. The molecule has 4 rings (SSSR count). The van der Waals surface area contributed by atoms with Crippen LogP contribution in [0.3, 0.4) is 0 Å². The molecule has 8 atom stereocenters. The molecule has 2 nitrogen and oxygen atoms in total. The summed E-state index contributed by atoms with van der Waals surface area (Å²) in [5, 5.41) is 0. The number of ether oxygens (including phenoxy) is 1. The molecule has 0 saturated heterocycles. The molecular weight excluding hydrogens is 524 g/mol. The van der Waals surface area contributed by atoms with Crippen molar-refractivity contribution in [1.29, 1.82) is 0 Å². The third-order valence-electron chi connectivity index (χ3n) is 13.5. The van der Waals surface area contributed by atoms with Gasteiger partial charge in [-0.05, 0) is 97.7 Å². The summed E-state index contributed by atoms with van der Waals surface area (Å²) in [6.07, 6.45) is 32.5.